The zero-order valence-corrected chi connectivity index (χ0v) is 8.61. The number of piperidine rings is 1. The van der Waals surface area contributed by atoms with Crippen LogP contribution in [-0.4, -0.2) is 35.6 Å². The van der Waals surface area contributed by atoms with Crippen molar-refractivity contribution in [3.8, 4) is 0 Å². The molecule has 80 valence electrons. The van der Waals surface area contributed by atoms with Gasteiger partial charge in [0, 0.05) is 26.1 Å². The molecule has 0 radical (unpaired) electrons. The van der Waals surface area contributed by atoms with Gasteiger partial charge in [-0.3, -0.25) is 4.79 Å². The molecule has 0 unspecified atom stereocenters. The van der Waals surface area contributed by atoms with Crippen LogP contribution in [0.3, 0.4) is 0 Å². The minimum absolute atomic E-state index is 0.229. The molecule has 0 aromatic carbocycles. The summed E-state index contributed by atoms with van der Waals surface area (Å²) in [7, 11) is 0. The molecule has 1 heterocycles. The van der Waals surface area contributed by atoms with Crippen LogP contribution in [0.4, 0.5) is 0 Å². The van der Waals surface area contributed by atoms with E-state index in [1.807, 2.05) is 4.90 Å². The van der Waals surface area contributed by atoms with Crippen LogP contribution in [-0.2, 0) is 4.79 Å². The maximum atomic E-state index is 11.8. The van der Waals surface area contributed by atoms with Crippen molar-refractivity contribution in [1.29, 1.82) is 0 Å². The number of nitrogens with zero attached hydrogens (tertiary/aromatic N) is 1. The molecular weight excluding hydrogens is 178 g/mol. The summed E-state index contributed by atoms with van der Waals surface area (Å²) in [6, 6.07) is 0. The predicted octanol–water partition coefficient (Wildman–Crippen LogP) is 1.02. The van der Waals surface area contributed by atoms with Crippen molar-refractivity contribution in [3.05, 3.63) is 0 Å². The van der Waals surface area contributed by atoms with Gasteiger partial charge in [-0.1, -0.05) is 0 Å². The van der Waals surface area contributed by atoms with Gasteiger partial charge in [0.2, 0.25) is 5.91 Å². The third-order valence-electron chi connectivity index (χ3n) is 3.29. The Labute approximate surface area is 85.1 Å². The molecule has 3 heteroatoms. The second-order valence-electron chi connectivity index (χ2n) is 4.68. The topological polar surface area (TPSA) is 40.5 Å². The Kier molecular flexibility index (Phi) is 3.06. The quantitative estimate of drug-likeness (QED) is 0.733. The average Bonchev–Trinajstić information content (AvgIpc) is 3.02. The smallest absolute Gasteiger partial charge is 0.222 e. The average molecular weight is 197 g/mol. The zero-order chi connectivity index (χ0) is 9.97. The second kappa shape index (κ2) is 4.30. The summed E-state index contributed by atoms with van der Waals surface area (Å²) in [6.45, 7) is 1.91. The van der Waals surface area contributed by atoms with Crippen LogP contribution in [0.15, 0.2) is 0 Å². The summed E-state index contributed by atoms with van der Waals surface area (Å²) in [5, 5.41) is 9.05. The minimum Gasteiger partial charge on any atom is -0.396 e. The molecule has 1 atom stereocenters. The van der Waals surface area contributed by atoms with Crippen LogP contribution in [0.25, 0.3) is 0 Å². The number of aliphatic hydroxyl groups excluding tert-OH is 1. The van der Waals surface area contributed by atoms with Crippen LogP contribution in [0.5, 0.6) is 0 Å². The summed E-state index contributed by atoms with van der Waals surface area (Å²) >= 11 is 0. The molecule has 1 N–H and O–H groups in total. The zero-order valence-electron chi connectivity index (χ0n) is 8.61. The molecule has 2 rings (SSSR count). The normalized spacial score (nSPS) is 27.8. The fourth-order valence-corrected chi connectivity index (χ4v) is 2.14. The monoisotopic (exact) mass is 197 g/mol. The molecule has 1 saturated heterocycles. The number of hydrogen-bond donors (Lipinski definition) is 1. The Morgan fingerprint density at radius 1 is 1.29 bits per heavy atom. The standard InChI is InChI=1S/C11H19NO2/c13-8-10-2-1-5-12(7-10)11(14)6-9-3-4-9/h9-10,13H,1-8H2/t10-/m0/s1. The van der Waals surface area contributed by atoms with E-state index < -0.39 is 0 Å². The van der Waals surface area contributed by atoms with Crippen molar-refractivity contribution in [2.45, 2.75) is 32.1 Å². The molecule has 0 aromatic rings. The Balaban J connectivity index is 1.79. The number of aliphatic hydroxyl groups is 1. The van der Waals surface area contributed by atoms with Crippen molar-refractivity contribution in [3.63, 3.8) is 0 Å². The Hall–Kier alpha value is -0.570. The molecule has 1 amide bonds. The lowest BCUT2D eigenvalue weighted by atomic mass is 9.98. The summed E-state index contributed by atoms with van der Waals surface area (Å²) in [6.07, 6.45) is 5.36. The summed E-state index contributed by atoms with van der Waals surface area (Å²) in [5.74, 6) is 1.31. The number of carbonyl (C=O) groups excluding carboxylic acids is 1. The van der Waals surface area contributed by atoms with Crippen LogP contribution < -0.4 is 0 Å². The SMILES string of the molecule is O=C(CC1CC1)N1CCC[C@H](CO)C1. The lowest BCUT2D eigenvalue weighted by Crippen LogP contribution is -2.41. The highest BCUT2D eigenvalue weighted by Gasteiger charge is 2.29. The second-order valence-corrected chi connectivity index (χ2v) is 4.68. The fourth-order valence-electron chi connectivity index (χ4n) is 2.14. The van der Waals surface area contributed by atoms with Gasteiger partial charge < -0.3 is 10.0 Å². The van der Waals surface area contributed by atoms with E-state index in [0.29, 0.717) is 17.7 Å². The highest BCUT2D eigenvalue weighted by Crippen LogP contribution is 2.33. The molecule has 0 spiro atoms. The van der Waals surface area contributed by atoms with E-state index in [1.54, 1.807) is 0 Å². The molecule has 14 heavy (non-hydrogen) atoms. The maximum absolute atomic E-state index is 11.8. The third-order valence-corrected chi connectivity index (χ3v) is 3.29. The van der Waals surface area contributed by atoms with Crippen molar-refractivity contribution in [1.82, 2.24) is 4.90 Å². The van der Waals surface area contributed by atoms with E-state index in [9.17, 15) is 4.79 Å². The van der Waals surface area contributed by atoms with Gasteiger partial charge >= 0.3 is 0 Å². The number of amides is 1. The van der Waals surface area contributed by atoms with Gasteiger partial charge in [-0.15, -0.1) is 0 Å². The lowest BCUT2D eigenvalue weighted by Gasteiger charge is -2.31. The molecule has 2 fully saturated rings. The van der Waals surface area contributed by atoms with Gasteiger partial charge in [0.1, 0.15) is 0 Å². The Morgan fingerprint density at radius 3 is 2.71 bits per heavy atom. The highest BCUT2D eigenvalue weighted by atomic mass is 16.3. The van der Waals surface area contributed by atoms with E-state index >= 15 is 0 Å². The Bertz CT molecular complexity index is 213. The van der Waals surface area contributed by atoms with Crippen molar-refractivity contribution >= 4 is 5.91 Å². The Morgan fingerprint density at radius 2 is 2.07 bits per heavy atom. The van der Waals surface area contributed by atoms with Crippen LogP contribution >= 0.6 is 0 Å². The van der Waals surface area contributed by atoms with E-state index in [-0.39, 0.29) is 6.61 Å². The predicted molar refractivity (Wildman–Crippen MR) is 53.7 cm³/mol. The van der Waals surface area contributed by atoms with Crippen LogP contribution in [0, 0.1) is 11.8 Å². The first-order valence-corrected chi connectivity index (χ1v) is 5.68. The number of hydrogen-bond acceptors (Lipinski definition) is 2. The van der Waals surface area contributed by atoms with Gasteiger partial charge in [-0.25, -0.2) is 0 Å². The van der Waals surface area contributed by atoms with Crippen molar-refractivity contribution in [2.24, 2.45) is 11.8 Å². The maximum Gasteiger partial charge on any atom is 0.222 e. The first-order valence-electron chi connectivity index (χ1n) is 5.68. The van der Waals surface area contributed by atoms with Gasteiger partial charge in [0.05, 0.1) is 0 Å². The lowest BCUT2D eigenvalue weighted by molar-refractivity contribution is -0.133. The molecular formula is C11H19NO2. The third kappa shape index (κ3) is 2.47. The van der Waals surface area contributed by atoms with Crippen LogP contribution in [0.2, 0.25) is 0 Å². The van der Waals surface area contributed by atoms with E-state index in [4.69, 9.17) is 5.11 Å². The molecule has 1 saturated carbocycles. The minimum atomic E-state index is 0.229. The molecule has 1 aliphatic carbocycles. The molecule has 2 aliphatic rings. The summed E-state index contributed by atoms with van der Waals surface area (Å²) in [5.41, 5.74) is 0. The van der Waals surface area contributed by atoms with Gasteiger partial charge in [0.25, 0.3) is 0 Å². The summed E-state index contributed by atoms with van der Waals surface area (Å²) < 4.78 is 0. The van der Waals surface area contributed by atoms with Gasteiger partial charge in [-0.05, 0) is 37.5 Å². The van der Waals surface area contributed by atoms with Crippen molar-refractivity contribution < 1.29 is 9.90 Å². The van der Waals surface area contributed by atoms with Crippen molar-refractivity contribution in [2.75, 3.05) is 19.7 Å². The largest absolute Gasteiger partial charge is 0.396 e. The molecule has 3 nitrogen and oxygen atoms in total. The highest BCUT2D eigenvalue weighted by molar-refractivity contribution is 5.76. The number of likely N-dealkylation sites (tertiary alicyclic amines) is 1. The van der Waals surface area contributed by atoms with Gasteiger partial charge in [-0.2, -0.15) is 0 Å². The first-order chi connectivity index (χ1) is 6.79. The molecule has 0 bridgehead atoms. The first kappa shape index (κ1) is 9.97. The number of rotatable bonds is 3. The summed E-state index contributed by atoms with van der Waals surface area (Å²) in [4.78, 5) is 13.7. The molecule has 0 aromatic heterocycles. The van der Waals surface area contributed by atoms with E-state index in [2.05, 4.69) is 0 Å². The molecule has 1 aliphatic heterocycles. The number of carbonyl (C=O) groups is 1. The van der Waals surface area contributed by atoms with E-state index in [1.165, 1.54) is 12.8 Å². The van der Waals surface area contributed by atoms with Crippen LogP contribution in [0.1, 0.15) is 32.1 Å². The van der Waals surface area contributed by atoms with Gasteiger partial charge in [0.15, 0.2) is 0 Å². The van der Waals surface area contributed by atoms with E-state index in [0.717, 1.165) is 32.4 Å². The fraction of sp³-hybridized carbons (Fsp3) is 0.909.